The molecule has 0 aromatic heterocycles. The van der Waals surface area contributed by atoms with Crippen molar-refractivity contribution in [2.24, 2.45) is 0 Å². The van der Waals surface area contributed by atoms with Gasteiger partial charge in [0.25, 0.3) is 5.91 Å². The van der Waals surface area contributed by atoms with Crippen molar-refractivity contribution in [2.45, 2.75) is 6.04 Å². The van der Waals surface area contributed by atoms with Crippen LogP contribution in [0, 0.1) is 5.82 Å². The van der Waals surface area contributed by atoms with E-state index in [9.17, 15) is 14.3 Å². The number of nitrogens with zero attached hydrogens (tertiary/aromatic N) is 1. The molecule has 1 atom stereocenters. The lowest BCUT2D eigenvalue weighted by Crippen LogP contribution is -2.50. The highest BCUT2D eigenvalue weighted by Crippen LogP contribution is 2.24. The number of aliphatic hydroxyl groups excluding tert-OH is 1. The number of hydrogen-bond acceptors (Lipinski definition) is 3. The summed E-state index contributed by atoms with van der Waals surface area (Å²) in [7, 11) is 0. The van der Waals surface area contributed by atoms with Crippen LogP contribution < -0.4 is 0 Å². The molecule has 0 spiro atoms. The first-order chi connectivity index (χ1) is 11.2. The number of morpholine rings is 1. The maximum atomic E-state index is 13.9. The summed E-state index contributed by atoms with van der Waals surface area (Å²) in [6.45, 7) is 1.08. The molecule has 1 aliphatic rings. The van der Waals surface area contributed by atoms with Gasteiger partial charge >= 0.3 is 0 Å². The van der Waals surface area contributed by atoms with Gasteiger partial charge in [0.1, 0.15) is 5.82 Å². The minimum absolute atomic E-state index is 0.140. The predicted molar refractivity (Wildman–Crippen MR) is 84.6 cm³/mol. The van der Waals surface area contributed by atoms with Crippen LogP contribution in [-0.4, -0.2) is 48.3 Å². The third-order valence-corrected chi connectivity index (χ3v) is 3.99. The largest absolute Gasteiger partial charge is 0.394 e. The molecular weight excluding hydrogens is 297 g/mol. The van der Waals surface area contributed by atoms with Gasteiger partial charge in [-0.25, -0.2) is 4.39 Å². The minimum atomic E-state index is -0.339. The summed E-state index contributed by atoms with van der Waals surface area (Å²) < 4.78 is 19.2. The number of rotatable bonds is 3. The molecule has 23 heavy (non-hydrogen) atoms. The fourth-order valence-corrected chi connectivity index (χ4v) is 2.75. The number of carbonyl (C=O) groups is 1. The highest BCUT2D eigenvalue weighted by Gasteiger charge is 2.27. The number of halogens is 1. The van der Waals surface area contributed by atoms with Gasteiger partial charge in [-0.15, -0.1) is 0 Å². The average molecular weight is 315 g/mol. The first kappa shape index (κ1) is 15.6. The molecule has 2 aromatic rings. The van der Waals surface area contributed by atoms with E-state index in [1.807, 2.05) is 0 Å². The van der Waals surface area contributed by atoms with Crippen LogP contribution in [0.15, 0.2) is 48.5 Å². The topological polar surface area (TPSA) is 49.8 Å². The number of benzene rings is 2. The summed E-state index contributed by atoms with van der Waals surface area (Å²) in [6, 6.07) is 13.0. The molecule has 5 heteroatoms. The molecule has 0 bridgehead atoms. The van der Waals surface area contributed by atoms with E-state index in [1.54, 1.807) is 47.4 Å². The summed E-state index contributed by atoms with van der Waals surface area (Å²) in [5, 5.41) is 9.40. The van der Waals surface area contributed by atoms with Crippen molar-refractivity contribution in [3.05, 3.63) is 59.9 Å². The number of ether oxygens (including phenoxy) is 1. The standard InChI is InChI=1S/C18H18FNO3/c19-17-7-2-1-6-16(17)13-4-3-5-14(10-13)18(22)20-8-9-23-12-15(20)11-21/h1-7,10,15,21H,8-9,11-12H2/t15-/m0/s1. The molecule has 4 nitrogen and oxygen atoms in total. The summed E-state index contributed by atoms with van der Waals surface area (Å²) in [5.41, 5.74) is 1.59. The Kier molecular flexibility index (Phi) is 4.69. The molecule has 1 amide bonds. The predicted octanol–water partition coefficient (Wildman–Crippen LogP) is 2.33. The van der Waals surface area contributed by atoms with Gasteiger partial charge in [-0.2, -0.15) is 0 Å². The molecule has 0 aliphatic carbocycles. The molecular formula is C18H18FNO3. The monoisotopic (exact) mass is 315 g/mol. The van der Waals surface area contributed by atoms with Gasteiger partial charge in [0.05, 0.1) is 25.9 Å². The maximum Gasteiger partial charge on any atom is 0.254 e. The van der Waals surface area contributed by atoms with Crippen LogP contribution in [0.3, 0.4) is 0 Å². The molecule has 1 saturated heterocycles. The molecule has 3 rings (SSSR count). The van der Waals surface area contributed by atoms with Gasteiger partial charge in [-0.1, -0.05) is 30.3 Å². The Balaban J connectivity index is 1.90. The van der Waals surface area contributed by atoms with E-state index in [0.29, 0.717) is 36.4 Å². The molecule has 1 heterocycles. The van der Waals surface area contributed by atoms with E-state index < -0.39 is 0 Å². The second-order valence-corrected chi connectivity index (χ2v) is 5.47. The molecule has 120 valence electrons. The van der Waals surface area contributed by atoms with Gasteiger partial charge in [-0.3, -0.25) is 4.79 Å². The zero-order chi connectivity index (χ0) is 16.2. The van der Waals surface area contributed by atoms with Gasteiger partial charge in [0.15, 0.2) is 0 Å². The minimum Gasteiger partial charge on any atom is -0.394 e. The SMILES string of the molecule is O=C(c1cccc(-c2ccccc2F)c1)N1CCOC[C@@H]1CO. The Labute approximate surface area is 134 Å². The van der Waals surface area contributed by atoms with Gasteiger partial charge in [0, 0.05) is 17.7 Å². The first-order valence-corrected chi connectivity index (χ1v) is 7.55. The van der Waals surface area contributed by atoms with E-state index in [4.69, 9.17) is 4.74 Å². The third kappa shape index (κ3) is 3.25. The van der Waals surface area contributed by atoms with E-state index in [-0.39, 0.29) is 24.4 Å². The van der Waals surface area contributed by atoms with Crippen molar-refractivity contribution >= 4 is 5.91 Å². The quantitative estimate of drug-likeness (QED) is 0.946. The molecule has 1 N–H and O–H groups in total. The normalized spacial score (nSPS) is 18.0. The number of carbonyl (C=O) groups excluding carboxylic acids is 1. The lowest BCUT2D eigenvalue weighted by atomic mass is 10.0. The van der Waals surface area contributed by atoms with Gasteiger partial charge in [-0.05, 0) is 23.8 Å². The van der Waals surface area contributed by atoms with E-state index >= 15 is 0 Å². The fourth-order valence-electron chi connectivity index (χ4n) is 2.75. The first-order valence-electron chi connectivity index (χ1n) is 7.55. The van der Waals surface area contributed by atoms with Crippen molar-refractivity contribution in [3.8, 4) is 11.1 Å². The number of aliphatic hydroxyl groups is 1. The van der Waals surface area contributed by atoms with Crippen LogP contribution in [-0.2, 0) is 4.74 Å². The molecule has 1 aliphatic heterocycles. The second kappa shape index (κ2) is 6.89. The van der Waals surface area contributed by atoms with Crippen molar-refractivity contribution in [2.75, 3.05) is 26.4 Å². The molecule has 0 saturated carbocycles. The Morgan fingerprint density at radius 1 is 1.26 bits per heavy atom. The number of amides is 1. The van der Waals surface area contributed by atoms with E-state index in [2.05, 4.69) is 0 Å². The zero-order valence-electron chi connectivity index (χ0n) is 12.6. The third-order valence-electron chi connectivity index (χ3n) is 3.99. The van der Waals surface area contributed by atoms with Crippen molar-refractivity contribution in [1.29, 1.82) is 0 Å². The van der Waals surface area contributed by atoms with Crippen LogP contribution in [0.2, 0.25) is 0 Å². The van der Waals surface area contributed by atoms with Crippen LogP contribution in [0.1, 0.15) is 10.4 Å². The van der Waals surface area contributed by atoms with Crippen LogP contribution in [0.4, 0.5) is 4.39 Å². The molecule has 1 fully saturated rings. The van der Waals surface area contributed by atoms with Gasteiger partial charge < -0.3 is 14.7 Å². The average Bonchev–Trinajstić information content (AvgIpc) is 2.61. The zero-order valence-corrected chi connectivity index (χ0v) is 12.6. The number of hydrogen-bond donors (Lipinski definition) is 1. The Hall–Kier alpha value is -2.24. The second-order valence-electron chi connectivity index (χ2n) is 5.47. The summed E-state index contributed by atoms with van der Waals surface area (Å²) in [6.07, 6.45) is 0. The lowest BCUT2D eigenvalue weighted by molar-refractivity contribution is -0.0183. The highest BCUT2D eigenvalue weighted by molar-refractivity contribution is 5.95. The molecule has 0 radical (unpaired) electrons. The summed E-state index contributed by atoms with van der Waals surface area (Å²) in [4.78, 5) is 14.3. The van der Waals surface area contributed by atoms with Crippen LogP contribution in [0.25, 0.3) is 11.1 Å². The van der Waals surface area contributed by atoms with Crippen LogP contribution >= 0.6 is 0 Å². The maximum absolute atomic E-state index is 13.9. The molecule has 0 unspecified atom stereocenters. The van der Waals surface area contributed by atoms with E-state index in [0.717, 1.165) is 0 Å². The Bertz CT molecular complexity index is 704. The highest BCUT2D eigenvalue weighted by atomic mass is 19.1. The van der Waals surface area contributed by atoms with Gasteiger partial charge in [0.2, 0.25) is 0 Å². The smallest absolute Gasteiger partial charge is 0.254 e. The fraction of sp³-hybridized carbons (Fsp3) is 0.278. The Morgan fingerprint density at radius 2 is 2.09 bits per heavy atom. The summed E-state index contributed by atoms with van der Waals surface area (Å²) in [5.74, 6) is -0.498. The lowest BCUT2D eigenvalue weighted by Gasteiger charge is -2.34. The van der Waals surface area contributed by atoms with E-state index in [1.165, 1.54) is 6.07 Å². The molecule has 2 aromatic carbocycles. The van der Waals surface area contributed by atoms with Crippen molar-refractivity contribution in [1.82, 2.24) is 4.90 Å². The summed E-state index contributed by atoms with van der Waals surface area (Å²) >= 11 is 0. The Morgan fingerprint density at radius 3 is 2.87 bits per heavy atom. The van der Waals surface area contributed by atoms with Crippen molar-refractivity contribution in [3.63, 3.8) is 0 Å². The van der Waals surface area contributed by atoms with Crippen molar-refractivity contribution < 1.29 is 19.0 Å². The van der Waals surface area contributed by atoms with Crippen LogP contribution in [0.5, 0.6) is 0 Å².